The third-order valence-electron chi connectivity index (χ3n) is 3.40. The molecule has 0 bridgehead atoms. The van der Waals surface area contributed by atoms with Crippen LogP contribution in [-0.4, -0.2) is 21.5 Å². The highest BCUT2D eigenvalue weighted by atomic mass is 16.5. The van der Waals surface area contributed by atoms with E-state index in [1.807, 2.05) is 32.4 Å². The standard InChI is InChI=1S/C14H16N4O/c1-17-5-4-9-6-13(19-3)10(7-12(9)17)11-8-14(15)18(2)16-11/h4-8H,15H2,1-3H3. The minimum atomic E-state index is 0.629. The molecule has 0 saturated carbocycles. The molecule has 0 aliphatic rings. The molecule has 2 N–H and O–H groups in total. The van der Waals surface area contributed by atoms with Gasteiger partial charge in [0.1, 0.15) is 11.6 Å². The van der Waals surface area contributed by atoms with Crippen molar-refractivity contribution < 1.29 is 4.74 Å². The quantitative estimate of drug-likeness (QED) is 0.764. The van der Waals surface area contributed by atoms with E-state index in [-0.39, 0.29) is 0 Å². The number of methoxy groups -OCH3 is 1. The van der Waals surface area contributed by atoms with Gasteiger partial charge in [-0.15, -0.1) is 0 Å². The van der Waals surface area contributed by atoms with Gasteiger partial charge in [0, 0.05) is 42.8 Å². The van der Waals surface area contributed by atoms with Crippen LogP contribution in [0.5, 0.6) is 5.75 Å². The van der Waals surface area contributed by atoms with Crippen LogP contribution in [0.1, 0.15) is 0 Å². The summed E-state index contributed by atoms with van der Waals surface area (Å²) in [7, 11) is 5.51. The van der Waals surface area contributed by atoms with Crippen molar-refractivity contribution in [1.82, 2.24) is 14.3 Å². The predicted molar refractivity (Wildman–Crippen MR) is 76.1 cm³/mol. The molecule has 0 atom stereocenters. The maximum absolute atomic E-state index is 5.85. The molecule has 0 aliphatic heterocycles. The molecule has 98 valence electrons. The lowest BCUT2D eigenvalue weighted by molar-refractivity contribution is 0.417. The number of aryl methyl sites for hydroxylation is 2. The summed E-state index contributed by atoms with van der Waals surface area (Å²) >= 11 is 0. The van der Waals surface area contributed by atoms with Crippen LogP contribution in [0, 0.1) is 0 Å². The van der Waals surface area contributed by atoms with Crippen molar-refractivity contribution in [1.29, 1.82) is 0 Å². The number of nitrogens with zero attached hydrogens (tertiary/aromatic N) is 3. The molecule has 2 aromatic heterocycles. The zero-order valence-corrected chi connectivity index (χ0v) is 11.2. The molecule has 0 spiro atoms. The summed E-state index contributed by atoms with van der Waals surface area (Å²) < 4.78 is 9.20. The summed E-state index contributed by atoms with van der Waals surface area (Å²) in [6.45, 7) is 0. The molecular formula is C14H16N4O. The lowest BCUT2D eigenvalue weighted by Crippen LogP contribution is -1.96. The topological polar surface area (TPSA) is 58.0 Å². The summed E-state index contributed by atoms with van der Waals surface area (Å²) in [6.07, 6.45) is 2.03. The highest BCUT2D eigenvalue weighted by molar-refractivity contribution is 5.88. The average molecular weight is 256 g/mol. The number of ether oxygens (including phenoxy) is 1. The van der Waals surface area contributed by atoms with Gasteiger partial charge >= 0.3 is 0 Å². The van der Waals surface area contributed by atoms with Gasteiger partial charge < -0.3 is 15.0 Å². The van der Waals surface area contributed by atoms with E-state index < -0.39 is 0 Å². The number of aromatic nitrogens is 3. The molecule has 5 heteroatoms. The second-order valence-corrected chi connectivity index (χ2v) is 4.62. The van der Waals surface area contributed by atoms with Crippen LogP contribution >= 0.6 is 0 Å². The Morgan fingerprint density at radius 3 is 2.63 bits per heavy atom. The van der Waals surface area contributed by atoms with E-state index in [0.29, 0.717) is 5.82 Å². The Morgan fingerprint density at radius 1 is 1.21 bits per heavy atom. The molecule has 19 heavy (non-hydrogen) atoms. The van der Waals surface area contributed by atoms with Gasteiger partial charge in [-0.3, -0.25) is 4.68 Å². The lowest BCUT2D eigenvalue weighted by Gasteiger charge is -2.07. The Hall–Kier alpha value is -2.43. The number of benzene rings is 1. The number of hydrogen-bond acceptors (Lipinski definition) is 3. The SMILES string of the molecule is COc1cc2ccn(C)c2cc1-c1cc(N)n(C)n1. The lowest BCUT2D eigenvalue weighted by atomic mass is 10.1. The van der Waals surface area contributed by atoms with Crippen LogP contribution < -0.4 is 10.5 Å². The number of anilines is 1. The fourth-order valence-electron chi connectivity index (χ4n) is 2.28. The minimum absolute atomic E-state index is 0.629. The zero-order valence-electron chi connectivity index (χ0n) is 11.2. The molecular weight excluding hydrogens is 240 g/mol. The summed E-state index contributed by atoms with van der Waals surface area (Å²) in [5, 5.41) is 5.56. The molecule has 0 saturated heterocycles. The molecule has 0 fully saturated rings. The molecule has 2 heterocycles. The first-order valence-corrected chi connectivity index (χ1v) is 6.03. The first kappa shape index (κ1) is 11.6. The monoisotopic (exact) mass is 256 g/mol. The summed E-state index contributed by atoms with van der Waals surface area (Å²) in [4.78, 5) is 0. The summed E-state index contributed by atoms with van der Waals surface area (Å²) in [6, 6.07) is 8.02. The number of hydrogen-bond donors (Lipinski definition) is 1. The maximum Gasteiger partial charge on any atom is 0.129 e. The van der Waals surface area contributed by atoms with E-state index in [0.717, 1.165) is 27.9 Å². The van der Waals surface area contributed by atoms with E-state index in [4.69, 9.17) is 10.5 Å². The number of fused-ring (bicyclic) bond motifs is 1. The van der Waals surface area contributed by atoms with E-state index in [9.17, 15) is 0 Å². The molecule has 0 amide bonds. The largest absolute Gasteiger partial charge is 0.496 e. The molecule has 3 rings (SSSR count). The second-order valence-electron chi connectivity index (χ2n) is 4.62. The van der Waals surface area contributed by atoms with Crippen LogP contribution in [0.15, 0.2) is 30.5 Å². The number of nitrogens with two attached hydrogens (primary N) is 1. The van der Waals surface area contributed by atoms with Gasteiger partial charge in [-0.1, -0.05) is 0 Å². The van der Waals surface area contributed by atoms with Crippen molar-refractivity contribution in [2.45, 2.75) is 0 Å². The van der Waals surface area contributed by atoms with Gasteiger partial charge in [0.25, 0.3) is 0 Å². The zero-order chi connectivity index (χ0) is 13.6. The first-order chi connectivity index (χ1) is 9.10. The second kappa shape index (κ2) is 4.05. The molecule has 0 aliphatic carbocycles. The molecule has 1 aromatic carbocycles. The smallest absolute Gasteiger partial charge is 0.129 e. The van der Waals surface area contributed by atoms with Gasteiger partial charge in [0.15, 0.2) is 0 Å². The van der Waals surface area contributed by atoms with Gasteiger partial charge in [-0.2, -0.15) is 5.10 Å². The third kappa shape index (κ3) is 1.74. The van der Waals surface area contributed by atoms with Crippen molar-refractivity contribution >= 4 is 16.7 Å². The normalized spacial score (nSPS) is 11.1. The Bertz CT molecular complexity index is 735. The third-order valence-corrected chi connectivity index (χ3v) is 3.40. The van der Waals surface area contributed by atoms with Gasteiger partial charge in [-0.05, 0) is 18.2 Å². The predicted octanol–water partition coefficient (Wildman–Crippen LogP) is 2.17. The fourth-order valence-corrected chi connectivity index (χ4v) is 2.28. The van der Waals surface area contributed by atoms with Crippen LogP contribution in [0.2, 0.25) is 0 Å². The van der Waals surface area contributed by atoms with E-state index in [1.54, 1.807) is 11.8 Å². The van der Waals surface area contributed by atoms with Crippen molar-refractivity contribution in [2.75, 3.05) is 12.8 Å². The van der Waals surface area contributed by atoms with Crippen LogP contribution in [0.25, 0.3) is 22.2 Å². The van der Waals surface area contributed by atoms with Gasteiger partial charge in [0.2, 0.25) is 0 Å². The molecule has 5 nitrogen and oxygen atoms in total. The van der Waals surface area contributed by atoms with Crippen molar-refractivity contribution in [3.63, 3.8) is 0 Å². The highest BCUT2D eigenvalue weighted by Gasteiger charge is 2.13. The summed E-state index contributed by atoms with van der Waals surface area (Å²) in [5.41, 5.74) is 8.75. The Labute approximate surface area is 111 Å². The van der Waals surface area contributed by atoms with Crippen LogP contribution in [0.4, 0.5) is 5.82 Å². The maximum atomic E-state index is 5.85. The number of nitrogen functional groups attached to an aromatic ring is 1. The van der Waals surface area contributed by atoms with E-state index in [1.165, 1.54) is 0 Å². The molecule has 0 unspecified atom stereocenters. The Balaban J connectivity index is 2.28. The number of rotatable bonds is 2. The van der Waals surface area contributed by atoms with Gasteiger partial charge in [-0.25, -0.2) is 0 Å². The average Bonchev–Trinajstić information content (AvgIpc) is 2.92. The van der Waals surface area contributed by atoms with Crippen LogP contribution in [0.3, 0.4) is 0 Å². The highest BCUT2D eigenvalue weighted by Crippen LogP contribution is 2.34. The summed E-state index contributed by atoms with van der Waals surface area (Å²) in [5.74, 6) is 1.43. The Morgan fingerprint density at radius 2 is 2.00 bits per heavy atom. The molecule has 0 radical (unpaired) electrons. The van der Waals surface area contributed by atoms with Crippen molar-refractivity contribution in [3.05, 3.63) is 30.5 Å². The van der Waals surface area contributed by atoms with Crippen molar-refractivity contribution in [2.24, 2.45) is 14.1 Å². The minimum Gasteiger partial charge on any atom is -0.496 e. The van der Waals surface area contributed by atoms with Crippen LogP contribution in [-0.2, 0) is 14.1 Å². The molecule has 3 aromatic rings. The first-order valence-electron chi connectivity index (χ1n) is 6.03. The van der Waals surface area contributed by atoms with E-state index >= 15 is 0 Å². The van der Waals surface area contributed by atoms with E-state index in [2.05, 4.69) is 21.8 Å². The van der Waals surface area contributed by atoms with Gasteiger partial charge in [0.05, 0.1) is 12.8 Å². The fraction of sp³-hybridized carbons (Fsp3) is 0.214. The Kier molecular flexibility index (Phi) is 2.48. The van der Waals surface area contributed by atoms with Crippen molar-refractivity contribution in [3.8, 4) is 17.0 Å².